The summed E-state index contributed by atoms with van der Waals surface area (Å²) in [5.41, 5.74) is 3.41. The predicted molar refractivity (Wildman–Crippen MR) is 124 cm³/mol. The quantitative estimate of drug-likeness (QED) is 0.731. The lowest BCUT2D eigenvalue weighted by Crippen LogP contribution is -2.45. The summed E-state index contributed by atoms with van der Waals surface area (Å²) < 4.78 is 10.5. The van der Waals surface area contributed by atoms with E-state index in [1.54, 1.807) is 4.90 Å². The fourth-order valence-corrected chi connectivity index (χ4v) is 4.14. The number of ether oxygens (including phenoxy) is 2. The van der Waals surface area contributed by atoms with E-state index in [1.165, 1.54) is 7.11 Å². The van der Waals surface area contributed by atoms with E-state index in [-0.39, 0.29) is 18.2 Å². The number of carbonyl (C=O) groups excluding carboxylic acids is 2. The molecule has 10 heteroatoms. The van der Waals surface area contributed by atoms with Crippen LogP contribution in [-0.4, -0.2) is 73.0 Å². The minimum Gasteiger partial charge on any atom is -0.453 e. The van der Waals surface area contributed by atoms with Crippen molar-refractivity contribution in [1.82, 2.24) is 20.2 Å². The first-order valence-corrected chi connectivity index (χ1v) is 11.2. The topological polar surface area (TPSA) is 109 Å². The second-order valence-electron chi connectivity index (χ2n) is 8.12. The van der Waals surface area contributed by atoms with E-state index in [0.717, 1.165) is 29.2 Å². The van der Waals surface area contributed by atoms with Crippen LogP contribution in [0.1, 0.15) is 25.1 Å². The highest BCUT2D eigenvalue weighted by atomic mass is 16.5. The maximum atomic E-state index is 12.1. The molecule has 4 rings (SSSR count). The fourth-order valence-electron chi connectivity index (χ4n) is 4.14. The van der Waals surface area contributed by atoms with Crippen LogP contribution in [0.25, 0.3) is 11.4 Å². The number of nitrogens with zero attached hydrogens (tertiary/aromatic N) is 4. The summed E-state index contributed by atoms with van der Waals surface area (Å²) in [6.45, 7) is 7.52. The van der Waals surface area contributed by atoms with Gasteiger partial charge >= 0.3 is 12.1 Å². The number of fused-ring (bicyclic) bond motifs is 1. The molecule has 1 aromatic heterocycles. The lowest BCUT2D eigenvalue weighted by Gasteiger charge is -2.37. The smallest absolute Gasteiger partial charge is 0.409 e. The van der Waals surface area contributed by atoms with Crippen LogP contribution in [0.5, 0.6) is 0 Å². The highest BCUT2D eigenvalue weighted by Gasteiger charge is 2.30. The minimum absolute atomic E-state index is 0.188. The van der Waals surface area contributed by atoms with Crippen molar-refractivity contribution in [1.29, 1.82) is 0 Å². The van der Waals surface area contributed by atoms with Gasteiger partial charge in [0.15, 0.2) is 5.82 Å². The molecule has 1 fully saturated rings. The third-order valence-electron chi connectivity index (χ3n) is 5.85. The zero-order valence-electron chi connectivity index (χ0n) is 19.3. The Bertz CT molecular complexity index is 1010. The molecular weight excluding hydrogens is 424 g/mol. The Hall–Kier alpha value is -3.40. The van der Waals surface area contributed by atoms with Crippen LogP contribution in [0.2, 0.25) is 0 Å². The lowest BCUT2D eigenvalue weighted by atomic mass is 10.0. The molecule has 1 unspecified atom stereocenters. The Labute approximate surface area is 193 Å². The highest BCUT2D eigenvalue weighted by molar-refractivity contribution is 5.89. The molecule has 33 heavy (non-hydrogen) atoms. The van der Waals surface area contributed by atoms with Crippen molar-refractivity contribution < 1.29 is 19.1 Å². The SMILES string of the molecule is CCNC(=O)Nc1ccc(-c2nc3c(c(N4CCOCC4C)n2)CCN(C(=O)OC)C3)cc1. The van der Waals surface area contributed by atoms with Crippen molar-refractivity contribution in [3.05, 3.63) is 35.5 Å². The number of anilines is 2. The van der Waals surface area contributed by atoms with Crippen LogP contribution >= 0.6 is 0 Å². The van der Waals surface area contributed by atoms with Crippen LogP contribution < -0.4 is 15.5 Å². The summed E-state index contributed by atoms with van der Waals surface area (Å²) in [6, 6.07) is 7.36. The molecular formula is C23H30N6O4. The van der Waals surface area contributed by atoms with Crippen molar-refractivity contribution in [2.24, 2.45) is 0 Å². The molecule has 1 atom stereocenters. The van der Waals surface area contributed by atoms with E-state index in [1.807, 2.05) is 31.2 Å². The van der Waals surface area contributed by atoms with Crippen LogP contribution in [0, 0.1) is 0 Å². The molecule has 10 nitrogen and oxygen atoms in total. The molecule has 0 aliphatic carbocycles. The van der Waals surface area contributed by atoms with E-state index in [9.17, 15) is 9.59 Å². The van der Waals surface area contributed by atoms with Gasteiger partial charge < -0.3 is 29.9 Å². The van der Waals surface area contributed by atoms with E-state index in [2.05, 4.69) is 22.5 Å². The van der Waals surface area contributed by atoms with Gasteiger partial charge in [0.05, 0.1) is 38.6 Å². The van der Waals surface area contributed by atoms with E-state index in [4.69, 9.17) is 19.4 Å². The van der Waals surface area contributed by atoms with Crippen LogP contribution in [0.4, 0.5) is 21.1 Å². The van der Waals surface area contributed by atoms with Gasteiger partial charge in [0, 0.05) is 36.4 Å². The number of carbonyl (C=O) groups is 2. The molecule has 2 aliphatic rings. The normalized spacial score (nSPS) is 17.8. The van der Waals surface area contributed by atoms with E-state index < -0.39 is 0 Å². The average molecular weight is 455 g/mol. The number of morpholine rings is 1. The largest absolute Gasteiger partial charge is 0.453 e. The monoisotopic (exact) mass is 454 g/mol. The molecule has 0 radical (unpaired) electrons. The molecule has 3 amide bonds. The Morgan fingerprint density at radius 2 is 2.00 bits per heavy atom. The number of amides is 3. The molecule has 2 N–H and O–H groups in total. The standard InChI is InChI=1S/C23H30N6O4/c1-4-24-22(30)25-17-7-5-16(6-8-17)20-26-19-13-28(23(31)32-3)10-9-18(19)21(27-20)29-11-12-33-14-15(29)2/h5-8,15H,4,9-14H2,1-3H3,(H2,24,25,30). The first kappa shape index (κ1) is 22.8. The van der Waals surface area contributed by atoms with Crippen LogP contribution in [0.15, 0.2) is 24.3 Å². The number of hydrogen-bond acceptors (Lipinski definition) is 7. The number of hydrogen-bond donors (Lipinski definition) is 2. The van der Waals surface area contributed by atoms with Gasteiger partial charge in [0.1, 0.15) is 5.82 Å². The summed E-state index contributed by atoms with van der Waals surface area (Å²) in [7, 11) is 1.39. The second kappa shape index (κ2) is 10.0. The van der Waals surface area contributed by atoms with Crippen LogP contribution in [0.3, 0.4) is 0 Å². The summed E-state index contributed by atoms with van der Waals surface area (Å²) >= 11 is 0. The highest BCUT2D eigenvalue weighted by Crippen LogP contribution is 2.31. The summed E-state index contributed by atoms with van der Waals surface area (Å²) in [6.07, 6.45) is 0.308. The Kier molecular flexibility index (Phi) is 6.93. The van der Waals surface area contributed by atoms with Crippen molar-refractivity contribution in [3.8, 4) is 11.4 Å². The van der Waals surface area contributed by atoms with Crippen molar-refractivity contribution in [2.45, 2.75) is 32.9 Å². The maximum absolute atomic E-state index is 12.1. The average Bonchev–Trinajstić information content (AvgIpc) is 2.83. The lowest BCUT2D eigenvalue weighted by molar-refractivity contribution is 0.0982. The Morgan fingerprint density at radius 1 is 1.21 bits per heavy atom. The molecule has 2 aliphatic heterocycles. The van der Waals surface area contributed by atoms with E-state index >= 15 is 0 Å². The third-order valence-corrected chi connectivity index (χ3v) is 5.85. The number of benzene rings is 1. The van der Waals surface area contributed by atoms with Gasteiger partial charge in [-0.3, -0.25) is 0 Å². The number of aromatic nitrogens is 2. The molecule has 0 saturated carbocycles. The Balaban J connectivity index is 1.69. The second-order valence-corrected chi connectivity index (χ2v) is 8.12. The number of nitrogens with one attached hydrogen (secondary N) is 2. The molecule has 176 valence electrons. The maximum Gasteiger partial charge on any atom is 0.409 e. The van der Waals surface area contributed by atoms with Gasteiger partial charge in [-0.05, 0) is 44.5 Å². The van der Waals surface area contributed by atoms with Crippen LogP contribution in [-0.2, 0) is 22.4 Å². The zero-order valence-corrected chi connectivity index (χ0v) is 19.3. The fraction of sp³-hybridized carbons (Fsp3) is 0.478. The Morgan fingerprint density at radius 3 is 2.70 bits per heavy atom. The number of rotatable bonds is 4. The van der Waals surface area contributed by atoms with Crippen molar-refractivity contribution >= 4 is 23.6 Å². The summed E-state index contributed by atoms with van der Waals surface area (Å²) in [5.74, 6) is 1.48. The van der Waals surface area contributed by atoms with E-state index in [0.29, 0.717) is 50.8 Å². The molecule has 2 aromatic rings. The number of methoxy groups -OCH3 is 1. The minimum atomic E-state index is -0.358. The molecule has 1 aromatic carbocycles. The van der Waals surface area contributed by atoms with Gasteiger partial charge in [-0.15, -0.1) is 0 Å². The first-order valence-electron chi connectivity index (χ1n) is 11.2. The van der Waals surface area contributed by atoms with Gasteiger partial charge in [-0.25, -0.2) is 19.6 Å². The molecule has 1 saturated heterocycles. The summed E-state index contributed by atoms with van der Waals surface area (Å²) in [4.78, 5) is 37.6. The van der Waals surface area contributed by atoms with Crippen molar-refractivity contribution in [2.75, 3.05) is 50.2 Å². The van der Waals surface area contributed by atoms with Crippen molar-refractivity contribution in [3.63, 3.8) is 0 Å². The van der Waals surface area contributed by atoms with Gasteiger partial charge in [0.25, 0.3) is 0 Å². The number of urea groups is 1. The summed E-state index contributed by atoms with van der Waals surface area (Å²) in [5, 5.41) is 5.50. The third kappa shape index (κ3) is 5.00. The van der Waals surface area contributed by atoms with Gasteiger partial charge in [0.2, 0.25) is 0 Å². The van der Waals surface area contributed by atoms with Gasteiger partial charge in [-0.2, -0.15) is 0 Å². The predicted octanol–water partition coefficient (Wildman–Crippen LogP) is 2.63. The zero-order chi connectivity index (χ0) is 23.4. The molecule has 0 bridgehead atoms. The van der Waals surface area contributed by atoms with Gasteiger partial charge in [-0.1, -0.05) is 0 Å². The molecule has 3 heterocycles. The first-order chi connectivity index (χ1) is 16.0. The molecule has 0 spiro atoms.